The van der Waals surface area contributed by atoms with Gasteiger partial charge in [-0.3, -0.25) is 4.52 Å². The number of benzene rings is 3. The van der Waals surface area contributed by atoms with E-state index in [0.29, 0.717) is 37.5 Å². The summed E-state index contributed by atoms with van der Waals surface area (Å²) in [7, 11) is -4.73. The second kappa shape index (κ2) is 16.0. The van der Waals surface area contributed by atoms with Gasteiger partial charge in [-0.15, -0.1) is 0 Å². The highest BCUT2D eigenvalue weighted by molar-refractivity contribution is 7.46. The molecule has 5 aromatic rings. The van der Waals surface area contributed by atoms with Gasteiger partial charge in [0.25, 0.3) is 0 Å². The van der Waals surface area contributed by atoms with Crippen molar-refractivity contribution < 1.29 is 37.1 Å². The summed E-state index contributed by atoms with van der Waals surface area (Å²) in [5.74, 6) is -0.635. The van der Waals surface area contributed by atoms with Crippen molar-refractivity contribution in [2.24, 2.45) is 5.92 Å². The van der Waals surface area contributed by atoms with Crippen LogP contribution in [0.25, 0.3) is 5.69 Å². The van der Waals surface area contributed by atoms with E-state index in [0.717, 1.165) is 43.6 Å². The Kier molecular flexibility index (Phi) is 11.2. The summed E-state index contributed by atoms with van der Waals surface area (Å²) in [6.45, 7) is 7.41. The van der Waals surface area contributed by atoms with Gasteiger partial charge in [0, 0.05) is 55.1 Å². The van der Waals surface area contributed by atoms with Crippen molar-refractivity contribution in [2.75, 3.05) is 49.2 Å². The van der Waals surface area contributed by atoms with E-state index < -0.39 is 42.9 Å². The van der Waals surface area contributed by atoms with Gasteiger partial charge in [-0.05, 0) is 74.4 Å². The van der Waals surface area contributed by atoms with E-state index in [1.54, 1.807) is 17.9 Å². The molecule has 7 rings (SSSR count). The van der Waals surface area contributed by atoms with Crippen LogP contribution in [0, 0.1) is 17.6 Å². The number of phosphoric acid groups is 1. The molecular formula is C37H43F2N8O7P. The van der Waals surface area contributed by atoms with Crippen molar-refractivity contribution >= 4 is 19.2 Å². The zero-order valence-electron chi connectivity index (χ0n) is 30.4. The van der Waals surface area contributed by atoms with Crippen molar-refractivity contribution in [1.82, 2.24) is 29.1 Å². The minimum Gasteiger partial charge on any atom is -0.493 e. The van der Waals surface area contributed by atoms with E-state index in [4.69, 9.17) is 14.0 Å². The summed E-state index contributed by atoms with van der Waals surface area (Å²) in [4.78, 5) is 40.2. The molecule has 55 heavy (non-hydrogen) atoms. The van der Waals surface area contributed by atoms with Crippen LogP contribution in [0.15, 0.2) is 90.5 Å². The molecule has 2 aromatic heterocycles. The number of anilines is 2. The molecule has 0 radical (unpaired) electrons. The first-order valence-corrected chi connectivity index (χ1v) is 19.6. The molecule has 4 atom stereocenters. The predicted molar refractivity (Wildman–Crippen MR) is 198 cm³/mol. The summed E-state index contributed by atoms with van der Waals surface area (Å²) in [6.07, 6.45) is 4.26. The quantitative estimate of drug-likeness (QED) is 0.150. The number of halogens is 2. The van der Waals surface area contributed by atoms with Crippen LogP contribution in [0.4, 0.5) is 20.2 Å². The van der Waals surface area contributed by atoms with Gasteiger partial charge in [0.2, 0.25) is 0 Å². The molecule has 2 aliphatic rings. The summed E-state index contributed by atoms with van der Waals surface area (Å²) in [5.41, 5.74) is 1.52. The standard InChI is InChI=1S/C37H43F2N8O7P/c1-3-35(26(2)54-55(49,50)51)47-36(48)46(25-42-47)31-7-5-29(6-8-31)43-14-16-44(17-15-43)30-9-11-32(12-10-30)52-20-27-19-37(53-21-27,22-45-24-40-23-41-45)33-13-4-28(38)18-34(33)39/h4-13,18,23-27,35H,3,14-17,19-22H2,1-2H3,(H2,49,50,51)/t26-,27+,35-,37-/m0/s1. The summed E-state index contributed by atoms with van der Waals surface area (Å²) >= 11 is 0. The average molecular weight is 781 g/mol. The Hall–Kier alpha value is -4.93. The summed E-state index contributed by atoms with van der Waals surface area (Å²) in [6, 6.07) is 18.5. The molecule has 2 saturated heterocycles. The van der Waals surface area contributed by atoms with Crippen molar-refractivity contribution in [3.8, 4) is 11.4 Å². The first-order valence-electron chi connectivity index (χ1n) is 18.1. The normalized spacial score (nSPS) is 20.1. The van der Waals surface area contributed by atoms with Crippen LogP contribution in [0.2, 0.25) is 0 Å². The third-order valence-corrected chi connectivity index (χ3v) is 10.9. The van der Waals surface area contributed by atoms with Gasteiger partial charge in [-0.25, -0.2) is 37.1 Å². The lowest BCUT2D eigenvalue weighted by Crippen LogP contribution is -2.46. The minimum absolute atomic E-state index is 0.0337. The first-order chi connectivity index (χ1) is 26.4. The molecule has 3 aromatic carbocycles. The van der Waals surface area contributed by atoms with Gasteiger partial charge >= 0.3 is 13.5 Å². The van der Waals surface area contributed by atoms with Gasteiger partial charge in [-0.2, -0.15) is 10.2 Å². The molecule has 15 nitrogen and oxygen atoms in total. The highest BCUT2D eigenvalue weighted by atomic mass is 31.2. The maximum absolute atomic E-state index is 15.0. The van der Waals surface area contributed by atoms with Crippen LogP contribution in [0.3, 0.4) is 0 Å². The van der Waals surface area contributed by atoms with Crippen molar-refractivity contribution in [3.63, 3.8) is 0 Å². The molecule has 0 bridgehead atoms. The molecule has 0 aliphatic carbocycles. The highest BCUT2D eigenvalue weighted by Crippen LogP contribution is 2.42. The third kappa shape index (κ3) is 8.66. The number of phosphoric ester groups is 1. The molecule has 4 heterocycles. The minimum atomic E-state index is -4.73. The monoisotopic (exact) mass is 780 g/mol. The van der Waals surface area contributed by atoms with Gasteiger partial charge in [-0.1, -0.05) is 13.0 Å². The molecule has 0 amide bonds. The molecule has 2 fully saturated rings. The molecule has 0 saturated carbocycles. The number of hydrogen-bond acceptors (Lipinski definition) is 10. The highest BCUT2D eigenvalue weighted by Gasteiger charge is 2.44. The predicted octanol–water partition coefficient (Wildman–Crippen LogP) is 4.69. The lowest BCUT2D eigenvalue weighted by molar-refractivity contribution is -0.0206. The van der Waals surface area contributed by atoms with Gasteiger partial charge in [0.05, 0.1) is 37.6 Å². The fraction of sp³-hybridized carbons (Fsp3) is 0.405. The Morgan fingerprint density at radius 3 is 2.20 bits per heavy atom. The first kappa shape index (κ1) is 38.3. The lowest BCUT2D eigenvalue weighted by Gasteiger charge is -2.37. The van der Waals surface area contributed by atoms with E-state index >= 15 is 0 Å². The third-order valence-electron chi connectivity index (χ3n) is 10.3. The average Bonchev–Trinajstić information content (AvgIpc) is 3.92. The number of nitrogens with zero attached hydrogens (tertiary/aromatic N) is 8. The second-order valence-electron chi connectivity index (χ2n) is 13.9. The van der Waals surface area contributed by atoms with Crippen LogP contribution < -0.4 is 20.2 Å². The van der Waals surface area contributed by atoms with Crippen molar-refractivity contribution in [3.05, 3.63) is 113 Å². The van der Waals surface area contributed by atoms with Crippen molar-refractivity contribution in [2.45, 2.75) is 51.0 Å². The lowest BCUT2D eigenvalue weighted by atomic mass is 9.87. The van der Waals surface area contributed by atoms with E-state index in [1.165, 1.54) is 41.0 Å². The Bertz CT molecular complexity index is 2160. The van der Waals surface area contributed by atoms with E-state index in [2.05, 4.69) is 25.0 Å². The smallest absolute Gasteiger partial charge is 0.469 e. The molecule has 18 heteroatoms. The number of ether oxygens (including phenoxy) is 2. The zero-order valence-corrected chi connectivity index (χ0v) is 31.3. The maximum atomic E-state index is 15.0. The number of rotatable bonds is 14. The summed E-state index contributed by atoms with van der Waals surface area (Å²) < 4.78 is 61.5. The van der Waals surface area contributed by atoms with Gasteiger partial charge in [0.1, 0.15) is 42.0 Å². The van der Waals surface area contributed by atoms with Gasteiger partial charge < -0.3 is 29.1 Å². The molecule has 292 valence electrons. The second-order valence-corrected chi connectivity index (χ2v) is 15.1. The van der Waals surface area contributed by atoms with Crippen LogP contribution in [-0.4, -0.2) is 84.4 Å². The zero-order chi connectivity index (χ0) is 38.7. The molecule has 2 N–H and O–H groups in total. The fourth-order valence-electron chi connectivity index (χ4n) is 7.51. The van der Waals surface area contributed by atoms with E-state index in [9.17, 15) is 27.9 Å². The van der Waals surface area contributed by atoms with Crippen LogP contribution in [0.5, 0.6) is 5.75 Å². The SMILES string of the molecule is CC[C@@H]([C@H](C)OP(=O)(O)O)n1ncn(-c2ccc(N3CCN(c4ccc(OC[C@@H]5CO[C@@](Cn6cncn6)(c6ccc(F)cc6F)C5)cc4)CC3)cc2)c1=O. The van der Waals surface area contributed by atoms with Crippen LogP contribution >= 0.6 is 7.82 Å². The van der Waals surface area contributed by atoms with Gasteiger partial charge in [0.15, 0.2) is 0 Å². The Morgan fingerprint density at radius 1 is 0.945 bits per heavy atom. The van der Waals surface area contributed by atoms with E-state index in [1.807, 2.05) is 48.5 Å². The maximum Gasteiger partial charge on any atom is 0.469 e. The van der Waals surface area contributed by atoms with E-state index in [-0.39, 0.29) is 18.0 Å². The van der Waals surface area contributed by atoms with Crippen LogP contribution in [-0.2, 0) is 26.0 Å². The molecule has 2 aliphatic heterocycles. The topological polar surface area (TPSA) is 162 Å². The Balaban J connectivity index is 0.918. The molecular weight excluding hydrogens is 737 g/mol. The Morgan fingerprint density at radius 2 is 1.60 bits per heavy atom. The fourth-order valence-corrected chi connectivity index (χ4v) is 8.09. The molecule has 0 unspecified atom stereocenters. The number of hydrogen-bond donors (Lipinski definition) is 2. The molecule has 0 spiro atoms. The van der Waals surface area contributed by atoms with Crippen LogP contribution in [0.1, 0.15) is 38.3 Å². The summed E-state index contributed by atoms with van der Waals surface area (Å²) in [5, 5.41) is 8.39. The largest absolute Gasteiger partial charge is 0.493 e. The Labute approximate surface area is 315 Å². The van der Waals surface area contributed by atoms with Crippen molar-refractivity contribution in [1.29, 1.82) is 0 Å². The number of aromatic nitrogens is 6. The number of piperazine rings is 1.